The number of anilines is 1. The molecular weight excluding hydrogens is 342 g/mol. The standard InChI is InChI=1S/C20H23N5O2/c21-17-3-1-16(2-4-17)20-15-25(23-22-20)18-5-7-19(8-6-18)27-14-11-24-9-12-26-13-10-24/h1-8,15H,9-14,21H2. The first-order valence-corrected chi connectivity index (χ1v) is 9.09. The second-order valence-electron chi connectivity index (χ2n) is 6.47. The minimum absolute atomic E-state index is 0.671. The lowest BCUT2D eigenvalue weighted by Gasteiger charge is -2.26. The van der Waals surface area contributed by atoms with E-state index in [9.17, 15) is 0 Å². The molecule has 1 aliphatic rings. The van der Waals surface area contributed by atoms with Gasteiger partial charge in [-0.1, -0.05) is 17.3 Å². The average molecular weight is 365 g/mol. The SMILES string of the molecule is Nc1ccc(-c2cn(-c3ccc(OCCN4CCOCC4)cc3)nn2)cc1. The molecule has 0 amide bonds. The maximum atomic E-state index is 5.85. The first-order chi connectivity index (χ1) is 13.3. The highest BCUT2D eigenvalue weighted by Crippen LogP contribution is 2.20. The van der Waals surface area contributed by atoms with E-state index in [0.29, 0.717) is 6.61 Å². The molecule has 0 bridgehead atoms. The predicted molar refractivity (Wildman–Crippen MR) is 104 cm³/mol. The normalized spacial score (nSPS) is 15.0. The Kier molecular flexibility index (Phi) is 5.32. The molecule has 1 aromatic heterocycles. The summed E-state index contributed by atoms with van der Waals surface area (Å²) in [5, 5.41) is 8.46. The molecule has 7 nitrogen and oxygen atoms in total. The molecular formula is C20H23N5O2. The average Bonchev–Trinajstić information content (AvgIpc) is 3.20. The lowest BCUT2D eigenvalue weighted by atomic mass is 10.1. The van der Waals surface area contributed by atoms with E-state index in [1.807, 2.05) is 54.7 Å². The van der Waals surface area contributed by atoms with Crippen LogP contribution in [-0.2, 0) is 4.74 Å². The highest BCUT2D eigenvalue weighted by atomic mass is 16.5. The number of ether oxygens (including phenoxy) is 2. The third kappa shape index (κ3) is 4.45. The third-order valence-electron chi connectivity index (χ3n) is 4.58. The third-order valence-corrected chi connectivity index (χ3v) is 4.58. The fourth-order valence-corrected chi connectivity index (χ4v) is 2.99. The summed E-state index contributed by atoms with van der Waals surface area (Å²) >= 11 is 0. The van der Waals surface area contributed by atoms with E-state index < -0.39 is 0 Å². The molecule has 0 radical (unpaired) electrons. The Morgan fingerprint density at radius 2 is 1.74 bits per heavy atom. The second kappa shape index (κ2) is 8.20. The van der Waals surface area contributed by atoms with Crippen molar-refractivity contribution in [2.45, 2.75) is 0 Å². The molecule has 1 fully saturated rings. The number of hydrogen-bond acceptors (Lipinski definition) is 6. The molecule has 0 unspecified atom stereocenters. The van der Waals surface area contributed by atoms with Crippen molar-refractivity contribution in [2.75, 3.05) is 45.2 Å². The van der Waals surface area contributed by atoms with E-state index in [2.05, 4.69) is 15.2 Å². The molecule has 0 spiro atoms. The van der Waals surface area contributed by atoms with Gasteiger partial charge in [-0.15, -0.1) is 5.10 Å². The fourth-order valence-electron chi connectivity index (χ4n) is 2.99. The van der Waals surface area contributed by atoms with Crippen molar-refractivity contribution in [2.24, 2.45) is 0 Å². The van der Waals surface area contributed by atoms with Crippen molar-refractivity contribution < 1.29 is 9.47 Å². The summed E-state index contributed by atoms with van der Waals surface area (Å²) in [5.74, 6) is 0.853. The molecule has 2 aromatic carbocycles. The molecule has 1 saturated heterocycles. The summed E-state index contributed by atoms with van der Waals surface area (Å²) < 4.78 is 13.0. The fraction of sp³-hybridized carbons (Fsp3) is 0.300. The number of nitrogens with zero attached hydrogens (tertiary/aromatic N) is 4. The molecule has 140 valence electrons. The van der Waals surface area contributed by atoms with Crippen LogP contribution in [0.5, 0.6) is 5.75 Å². The van der Waals surface area contributed by atoms with Gasteiger partial charge in [-0.25, -0.2) is 4.68 Å². The summed E-state index contributed by atoms with van der Waals surface area (Å²) in [4.78, 5) is 2.35. The lowest BCUT2D eigenvalue weighted by Crippen LogP contribution is -2.38. The lowest BCUT2D eigenvalue weighted by molar-refractivity contribution is 0.0322. The van der Waals surface area contributed by atoms with Gasteiger partial charge in [0.05, 0.1) is 25.1 Å². The molecule has 0 atom stereocenters. The van der Waals surface area contributed by atoms with Crippen molar-refractivity contribution in [3.63, 3.8) is 0 Å². The van der Waals surface area contributed by atoms with E-state index in [-0.39, 0.29) is 0 Å². The number of benzene rings is 2. The van der Waals surface area contributed by atoms with Gasteiger partial charge in [-0.05, 0) is 36.4 Å². The summed E-state index contributed by atoms with van der Waals surface area (Å²) in [6.45, 7) is 5.16. The van der Waals surface area contributed by atoms with Gasteiger partial charge in [0, 0.05) is 30.9 Å². The quantitative estimate of drug-likeness (QED) is 0.675. The zero-order valence-electron chi connectivity index (χ0n) is 15.1. The van der Waals surface area contributed by atoms with Gasteiger partial charge in [0.25, 0.3) is 0 Å². The Hall–Kier alpha value is -2.90. The second-order valence-corrected chi connectivity index (χ2v) is 6.47. The van der Waals surface area contributed by atoms with Gasteiger partial charge < -0.3 is 15.2 Å². The van der Waals surface area contributed by atoms with Crippen LogP contribution in [0.1, 0.15) is 0 Å². The van der Waals surface area contributed by atoms with Crippen molar-refractivity contribution in [1.29, 1.82) is 0 Å². The molecule has 7 heteroatoms. The van der Waals surface area contributed by atoms with Crippen molar-refractivity contribution in [3.05, 3.63) is 54.7 Å². The zero-order valence-corrected chi connectivity index (χ0v) is 15.1. The number of morpholine rings is 1. The number of rotatable bonds is 6. The Labute approximate surface area is 158 Å². The van der Waals surface area contributed by atoms with Gasteiger partial charge in [-0.2, -0.15) is 0 Å². The van der Waals surface area contributed by atoms with Crippen molar-refractivity contribution >= 4 is 5.69 Å². The summed E-state index contributed by atoms with van der Waals surface area (Å²) in [6, 6.07) is 15.5. The zero-order chi connectivity index (χ0) is 18.5. The summed E-state index contributed by atoms with van der Waals surface area (Å²) in [6.07, 6.45) is 1.90. The molecule has 3 aromatic rings. The minimum Gasteiger partial charge on any atom is -0.492 e. The van der Waals surface area contributed by atoms with E-state index in [4.69, 9.17) is 15.2 Å². The van der Waals surface area contributed by atoms with E-state index in [1.54, 1.807) is 4.68 Å². The highest BCUT2D eigenvalue weighted by molar-refractivity contribution is 5.61. The first kappa shape index (κ1) is 17.5. The predicted octanol–water partition coefficient (Wildman–Crippen LogP) is 2.23. The van der Waals surface area contributed by atoms with Crippen LogP contribution in [0.2, 0.25) is 0 Å². The van der Waals surface area contributed by atoms with Crippen molar-refractivity contribution in [3.8, 4) is 22.7 Å². The van der Waals surface area contributed by atoms with Crippen LogP contribution >= 0.6 is 0 Å². The summed E-state index contributed by atoms with van der Waals surface area (Å²) in [5.41, 5.74) is 9.19. The largest absolute Gasteiger partial charge is 0.492 e. The maximum Gasteiger partial charge on any atom is 0.119 e. The minimum atomic E-state index is 0.671. The maximum absolute atomic E-state index is 5.85. The van der Waals surface area contributed by atoms with Gasteiger partial charge >= 0.3 is 0 Å². The van der Waals surface area contributed by atoms with Crippen LogP contribution in [0, 0.1) is 0 Å². The molecule has 4 rings (SSSR count). The Bertz CT molecular complexity index is 855. The van der Waals surface area contributed by atoms with Crippen LogP contribution < -0.4 is 10.5 Å². The smallest absolute Gasteiger partial charge is 0.119 e. The van der Waals surface area contributed by atoms with Crippen LogP contribution in [-0.4, -0.2) is 59.3 Å². The van der Waals surface area contributed by atoms with Gasteiger partial charge in [-0.3, -0.25) is 4.90 Å². The molecule has 0 saturated carbocycles. The van der Waals surface area contributed by atoms with Crippen LogP contribution in [0.4, 0.5) is 5.69 Å². The number of hydrogen-bond donors (Lipinski definition) is 1. The number of nitrogens with two attached hydrogens (primary N) is 1. The van der Waals surface area contributed by atoms with Gasteiger partial charge in [0.2, 0.25) is 0 Å². The monoisotopic (exact) mass is 365 g/mol. The molecule has 27 heavy (non-hydrogen) atoms. The first-order valence-electron chi connectivity index (χ1n) is 9.09. The molecule has 2 N–H and O–H groups in total. The van der Waals surface area contributed by atoms with E-state index >= 15 is 0 Å². The summed E-state index contributed by atoms with van der Waals surface area (Å²) in [7, 11) is 0. The molecule has 1 aliphatic heterocycles. The van der Waals surface area contributed by atoms with Crippen LogP contribution in [0.3, 0.4) is 0 Å². The Morgan fingerprint density at radius 3 is 2.48 bits per heavy atom. The van der Waals surface area contributed by atoms with Gasteiger partial charge in [0.1, 0.15) is 18.1 Å². The topological polar surface area (TPSA) is 78.4 Å². The number of aromatic nitrogens is 3. The van der Waals surface area contributed by atoms with E-state index in [1.165, 1.54) is 0 Å². The van der Waals surface area contributed by atoms with Crippen LogP contribution in [0.15, 0.2) is 54.7 Å². The molecule has 2 heterocycles. The molecule has 0 aliphatic carbocycles. The number of nitrogen functional groups attached to an aromatic ring is 1. The van der Waals surface area contributed by atoms with Crippen molar-refractivity contribution in [1.82, 2.24) is 19.9 Å². The van der Waals surface area contributed by atoms with Gasteiger partial charge in [0.15, 0.2) is 0 Å². The van der Waals surface area contributed by atoms with Crippen LogP contribution in [0.25, 0.3) is 16.9 Å². The Morgan fingerprint density at radius 1 is 1.00 bits per heavy atom. The van der Waals surface area contributed by atoms with E-state index in [0.717, 1.165) is 61.2 Å². The Balaban J connectivity index is 1.35. The highest BCUT2D eigenvalue weighted by Gasteiger charge is 2.10.